The highest BCUT2D eigenvalue weighted by molar-refractivity contribution is 6.00. The highest BCUT2D eigenvalue weighted by Crippen LogP contribution is 2.26. The molecule has 1 aliphatic heterocycles. The Bertz CT molecular complexity index is 598. The second kappa shape index (κ2) is 8.08. The van der Waals surface area contributed by atoms with Gasteiger partial charge in [-0.3, -0.25) is 9.69 Å². The van der Waals surface area contributed by atoms with Crippen LogP contribution in [0.3, 0.4) is 0 Å². The molecule has 1 heterocycles. The number of para-hydroxylation sites is 2. The number of hydrogen-bond donors (Lipinski definition) is 1. The van der Waals surface area contributed by atoms with Gasteiger partial charge in [0.25, 0.3) is 0 Å². The number of piperidine rings is 1. The van der Waals surface area contributed by atoms with Gasteiger partial charge >= 0.3 is 0 Å². The third kappa shape index (κ3) is 4.22. The van der Waals surface area contributed by atoms with Crippen molar-refractivity contribution in [3.8, 4) is 0 Å². The molecule has 24 heavy (non-hydrogen) atoms. The number of anilines is 2. The highest BCUT2D eigenvalue weighted by Gasteiger charge is 2.21. The van der Waals surface area contributed by atoms with Crippen molar-refractivity contribution >= 4 is 17.3 Å². The lowest BCUT2D eigenvalue weighted by Gasteiger charge is -2.30. The summed E-state index contributed by atoms with van der Waals surface area (Å²) in [6.45, 7) is 2.47. The van der Waals surface area contributed by atoms with Crippen LogP contribution in [-0.2, 0) is 4.79 Å². The molecule has 0 aromatic heterocycles. The maximum atomic E-state index is 12.9. The molecule has 0 bridgehead atoms. The van der Waals surface area contributed by atoms with Gasteiger partial charge in [-0.2, -0.15) is 0 Å². The third-order valence-corrected chi connectivity index (χ3v) is 4.48. The van der Waals surface area contributed by atoms with Gasteiger partial charge in [-0.1, -0.05) is 36.4 Å². The summed E-state index contributed by atoms with van der Waals surface area (Å²) in [5, 5.41) is 9.59. The maximum Gasteiger partial charge on any atom is 0.232 e. The summed E-state index contributed by atoms with van der Waals surface area (Å²) in [5.74, 6) is 0.0959. The van der Waals surface area contributed by atoms with E-state index in [-0.39, 0.29) is 12.0 Å². The minimum Gasteiger partial charge on any atom is -0.393 e. The quantitative estimate of drug-likeness (QED) is 0.918. The van der Waals surface area contributed by atoms with E-state index in [1.54, 1.807) is 4.90 Å². The first-order valence-corrected chi connectivity index (χ1v) is 8.57. The Morgan fingerprint density at radius 1 is 0.958 bits per heavy atom. The number of amides is 1. The van der Waals surface area contributed by atoms with Gasteiger partial charge in [0, 0.05) is 37.4 Å². The zero-order chi connectivity index (χ0) is 16.8. The number of aliphatic hydroxyl groups excluding tert-OH is 1. The molecule has 0 unspecified atom stereocenters. The average Bonchev–Trinajstić information content (AvgIpc) is 2.63. The summed E-state index contributed by atoms with van der Waals surface area (Å²) in [4.78, 5) is 17.0. The highest BCUT2D eigenvalue weighted by atomic mass is 16.3. The molecule has 3 rings (SSSR count). The number of carbonyl (C=O) groups is 1. The van der Waals surface area contributed by atoms with Crippen molar-refractivity contribution < 1.29 is 9.90 Å². The SMILES string of the molecule is O=C(CCN1CCC(O)CC1)N(c1ccccc1)c1ccccc1. The van der Waals surface area contributed by atoms with Gasteiger partial charge in [-0.15, -0.1) is 0 Å². The molecule has 0 spiro atoms. The van der Waals surface area contributed by atoms with E-state index >= 15 is 0 Å². The van der Waals surface area contributed by atoms with Crippen molar-refractivity contribution in [2.75, 3.05) is 24.5 Å². The van der Waals surface area contributed by atoms with E-state index in [0.717, 1.165) is 43.9 Å². The average molecular weight is 324 g/mol. The van der Waals surface area contributed by atoms with Crippen LogP contribution >= 0.6 is 0 Å². The molecular weight excluding hydrogens is 300 g/mol. The number of rotatable bonds is 5. The summed E-state index contributed by atoms with van der Waals surface area (Å²) >= 11 is 0. The minimum absolute atomic E-state index is 0.0959. The Morgan fingerprint density at radius 3 is 1.96 bits per heavy atom. The number of hydrogen-bond acceptors (Lipinski definition) is 3. The fraction of sp³-hybridized carbons (Fsp3) is 0.350. The number of likely N-dealkylation sites (tertiary alicyclic amines) is 1. The molecule has 2 aromatic rings. The normalized spacial score (nSPS) is 16.0. The molecule has 0 atom stereocenters. The fourth-order valence-corrected chi connectivity index (χ4v) is 3.10. The van der Waals surface area contributed by atoms with Gasteiger partial charge in [0.15, 0.2) is 0 Å². The molecule has 1 aliphatic rings. The lowest BCUT2D eigenvalue weighted by molar-refractivity contribution is -0.118. The molecule has 4 nitrogen and oxygen atoms in total. The van der Waals surface area contributed by atoms with Crippen molar-refractivity contribution in [3.63, 3.8) is 0 Å². The lowest BCUT2D eigenvalue weighted by atomic mass is 10.1. The molecule has 1 saturated heterocycles. The van der Waals surface area contributed by atoms with Crippen molar-refractivity contribution in [3.05, 3.63) is 60.7 Å². The van der Waals surface area contributed by atoms with Gasteiger partial charge in [0.2, 0.25) is 5.91 Å². The van der Waals surface area contributed by atoms with E-state index in [1.165, 1.54) is 0 Å². The maximum absolute atomic E-state index is 12.9. The first kappa shape index (κ1) is 16.7. The standard InChI is InChI=1S/C20H24N2O2/c23-19-11-14-21(15-12-19)16-13-20(24)22(17-7-3-1-4-8-17)18-9-5-2-6-10-18/h1-10,19,23H,11-16H2. The number of nitrogens with zero attached hydrogens (tertiary/aromatic N) is 2. The zero-order valence-electron chi connectivity index (χ0n) is 13.8. The summed E-state index contributed by atoms with van der Waals surface area (Å²) < 4.78 is 0. The molecule has 2 aromatic carbocycles. The topological polar surface area (TPSA) is 43.8 Å². The fourth-order valence-electron chi connectivity index (χ4n) is 3.10. The van der Waals surface area contributed by atoms with Crippen LogP contribution in [0.5, 0.6) is 0 Å². The molecule has 1 fully saturated rings. The Balaban J connectivity index is 1.70. The van der Waals surface area contributed by atoms with E-state index in [0.29, 0.717) is 6.42 Å². The van der Waals surface area contributed by atoms with Crippen LogP contribution in [0.15, 0.2) is 60.7 Å². The van der Waals surface area contributed by atoms with Gasteiger partial charge < -0.3 is 10.0 Å². The number of aliphatic hydroxyl groups is 1. The number of carbonyl (C=O) groups excluding carboxylic acids is 1. The van der Waals surface area contributed by atoms with Crippen LogP contribution in [0.1, 0.15) is 19.3 Å². The molecule has 1 amide bonds. The predicted octanol–water partition coefficient (Wildman–Crippen LogP) is 3.20. The second-order valence-electron chi connectivity index (χ2n) is 6.22. The molecule has 1 N–H and O–H groups in total. The Hall–Kier alpha value is -2.17. The van der Waals surface area contributed by atoms with E-state index < -0.39 is 0 Å². The van der Waals surface area contributed by atoms with Crippen LogP contribution < -0.4 is 4.90 Å². The molecule has 4 heteroatoms. The third-order valence-electron chi connectivity index (χ3n) is 4.48. The minimum atomic E-state index is -0.179. The second-order valence-corrected chi connectivity index (χ2v) is 6.22. The van der Waals surface area contributed by atoms with Crippen LogP contribution in [0.2, 0.25) is 0 Å². The van der Waals surface area contributed by atoms with Crippen LogP contribution in [0.4, 0.5) is 11.4 Å². The lowest BCUT2D eigenvalue weighted by Crippen LogP contribution is -2.38. The van der Waals surface area contributed by atoms with Gasteiger partial charge in [0.05, 0.1) is 6.10 Å². The first-order valence-electron chi connectivity index (χ1n) is 8.57. The van der Waals surface area contributed by atoms with Gasteiger partial charge in [-0.25, -0.2) is 0 Å². The molecule has 0 radical (unpaired) electrons. The molecule has 0 aliphatic carbocycles. The smallest absolute Gasteiger partial charge is 0.232 e. The van der Waals surface area contributed by atoms with E-state index in [1.807, 2.05) is 60.7 Å². The number of benzene rings is 2. The summed E-state index contributed by atoms with van der Waals surface area (Å²) in [6, 6.07) is 19.5. The summed E-state index contributed by atoms with van der Waals surface area (Å²) in [7, 11) is 0. The summed E-state index contributed by atoms with van der Waals surface area (Å²) in [6.07, 6.45) is 1.90. The van der Waals surface area contributed by atoms with Gasteiger partial charge in [0.1, 0.15) is 0 Å². The Morgan fingerprint density at radius 2 is 1.46 bits per heavy atom. The van der Waals surface area contributed by atoms with Crippen molar-refractivity contribution in [2.45, 2.75) is 25.4 Å². The Labute approximate surface area is 143 Å². The van der Waals surface area contributed by atoms with Crippen LogP contribution in [0.25, 0.3) is 0 Å². The summed E-state index contributed by atoms with van der Waals surface area (Å²) in [5.41, 5.74) is 1.78. The largest absolute Gasteiger partial charge is 0.393 e. The van der Waals surface area contributed by atoms with Crippen molar-refractivity contribution in [1.82, 2.24) is 4.90 Å². The Kier molecular flexibility index (Phi) is 5.62. The zero-order valence-corrected chi connectivity index (χ0v) is 13.8. The molecule has 0 saturated carbocycles. The van der Waals surface area contributed by atoms with E-state index in [2.05, 4.69) is 4.90 Å². The van der Waals surface area contributed by atoms with Crippen molar-refractivity contribution in [1.29, 1.82) is 0 Å². The molecular formula is C20H24N2O2. The predicted molar refractivity (Wildman–Crippen MR) is 96.3 cm³/mol. The van der Waals surface area contributed by atoms with Gasteiger partial charge in [-0.05, 0) is 37.1 Å². The molecule has 126 valence electrons. The monoisotopic (exact) mass is 324 g/mol. The van der Waals surface area contributed by atoms with Crippen LogP contribution in [-0.4, -0.2) is 41.7 Å². The van der Waals surface area contributed by atoms with E-state index in [4.69, 9.17) is 0 Å². The first-order chi connectivity index (χ1) is 11.7. The van der Waals surface area contributed by atoms with Crippen LogP contribution in [0, 0.1) is 0 Å². The van der Waals surface area contributed by atoms with E-state index in [9.17, 15) is 9.90 Å². The van der Waals surface area contributed by atoms with Crippen molar-refractivity contribution in [2.24, 2.45) is 0 Å².